The average Bonchev–Trinajstić information content (AvgIpc) is 3.46. The molecule has 12 nitrogen and oxygen atoms in total. The van der Waals surface area contributed by atoms with Crippen LogP contribution in [0.1, 0.15) is 61.3 Å². The second-order valence-corrected chi connectivity index (χ2v) is 11.1. The number of aliphatic hydroxyl groups excluding tert-OH is 1. The maximum Gasteiger partial charge on any atom is 0.418 e. The lowest BCUT2D eigenvalue weighted by Gasteiger charge is -2.33. The van der Waals surface area contributed by atoms with E-state index in [2.05, 4.69) is 0 Å². The lowest BCUT2D eigenvalue weighted by molar-refractivity contribution is -0.128. The number of aryl methyl sites for hydroxylation is 1. The summed E-state index contributed by atoms with van der Waals surface area (Å²) in [5, 5.41) is 11.8. The summed E-state index contributed by atoms with van der Waals surface area (Å²) in [5.74, 6) is -1.59. The molecule has 13 heteroatoms. The SMILES string of the molecule is CCOC(=O)N1CCN(C(=O)C(=O)c2cn(C(=O)OCC)c3cc(OC)c(C(O)N(CC)CCCCc4ccc(F)cc4)cc23)CC1. The van der Waals surface area contributed by atoms with Crippen molar-refractivity contribution in [1.29, 1.82) is 0 Å². The highest BCUT2D eigenvalue weighted by atomic mass is 19.1. The van der Waals surface area contributed by atoms with Gasteiger partial charge in [0.1, 0.15) is 17.8 Å². The average molecular weight is 655 g/mol. The summed E-state index contributed by atoms with van der Waals surface area (Å²) in [5.41, 5.74) is 1.65. The number of aromatic nitrogens is 1. The van der Waals surface area contributed by atoms with Crippen LogP contribution in [0.4, 0.5) is 14.0 Å². The van der Waals surface area contributed by atoms with Crippen molar-refractivity contribution in [3.8, 4) is 5.75 Å². The Morgan fingerprint density at radius 2 is 1.55 bits per heavy atom. The predicted molar refractivity (Wildman–Crippen MR) is 172 cm³/mol. The first kappa shape index (κ1) is 35.4. The van der Waals surface area contributed by atoms with Gasteiger partial charge in [0.05, 0.1) is 31.4 Å². The molecule has 1 aliphatic rings. The van der Waals surface area contributed by atoms with Crippen LogP contribution in [-0.4, -0.2) is 108 Å². The van der Waals surface area contributed by atoms with Gasteiger partial charge in [-0.05, 0) is 63.4 Å². The fraction of sp³-hybridized carbons (Fsp3) is 0.471. The summed E-state index contributed by atoms with van der Waals surface area (Å²) in [4.78, 5) is 56.9. The summed E-state index contributed by atoms with van der Waals surface area (Å²) in [6, 6.07) is 9.53. The van der Waals surface area contributed by atoms with Gasteiger partial charge in [0, 0.05) is 55.9 Å². The van der Waals surface area contributed by atoms with Crippen LogP contribution in [0.3, 0.4) is 0 Å². The van der Waals surface area contributed by atoms with E-state index in [4.69, 9.17) is 14.2 Å². The third kappa shape index (κ3) is 8.27. The third-order valence-electron chi connectivity index (χ3n) is 8.26. The Balaban J connectivity index is 1.59. The Morgan fingerprint density at radius 3 is 2.17 bits per heavy atom. The molecule has 47 heavy (non-hydrogen) atoms. The van der Waals surface area contributed by atoms with Crippen LogP contribution in [0.2, 0.25) is 0 Å². The minimum absolute atomic E-state index is 0.0238. The molecule has 4 rings (SSSR count). The number of halogens is 1. The molecule has 2 aromatic carbocycles. The molecule has 0 bridgehead atoms. The van der Waals surface area contributed by atoms with E-state index in [1.807, 2.05) is 11.8 Å². The number of rotatable bonds is 13. The van der Waals surface area contributed by atoms with E-state index in [-0.39, 0.29) is 61.7 Å². The van der Waals surface area contributed by atoms with Crippen LogP contribution in [0.15, 0.2) is 42.6 Å². The Hall–Kier alpha value is -4.49. The highest BCUT2D eigenvalue weighted by Crippen LogP contribution is 2.35. The minimum Gasteiger partial charge on any atom is -0.496 e. The van der Waals surface area contributed by atoms with E-state index in [9.17, 15) is 28.7 Å². The molecule has 1 aromatic heterocycles. The lowest BCUT2D eigenvalue weighted by Crippen LogP contribution is -2.52. The second-order valence-electron chi connectivity index (χ2n) is 11.1. The molecule has 1 N–H and O–H groups in total. The van der Waals surface area contributed by atoms with Crippen LogP contribution >= 0.6 is 0 Å². The van der Waals surface area contributed by atoms with Crippen LogP contribution in [-0.2, 0) is 20.7 Å². The van der Waals surface area contributed by atoms with Crippen molar-refractivity contribution in [1.82, 2.24) is 19.3 Å². The zero-order valence-electron chi connectivity index (χ0n) is 27.4. The molecule has 0 radical (unpaired) electrons. The third-order valence-corrected chi connectivity index (χ3v) is 8.26. The molecule has 254 valence electrons. The second kappa shape index (κ2) is 16.4. The van der Waals surface area contributed by atoms with Crippen LogP contribution in [0.25, 0.3) is 10.9 Å². The van der Waals surface area contributed by atoms with Gasteiger partial charge in [-0.15, -0.1) is 0 Å². The smallest absolute Gasteiger partial charge is 0.418 e. The fourth-order valence-corrected chi connectivity index (χ4v) is 5.68. The molecule has 0 spiro atoms. The van der Waals surface area contributed by atoms with Gasteiger partial charge >= 0.3 is 12.2 Å². The Bertz CT molecular complexity index is 1570. The molecule has 1 saturated heterocycles. The normalized spacial score (nSPS) is 13.9. The summed E-state index contributed by atoms with van der Waals surface area (Å²) >= 11 is 0. The van der Waals surface area contributed by atoms with Crippen molar-refractivity contribution in [2.24, 2.45) is 0 Å². The highest BCUT2D eigenvalue weighted by molar-refractivity contribution is 6.45. The topological polar surface area (TPSA) is 131 Å². The molecule has 1 atom stereocenters. The molecular weight excluding hydrogens is 611 g/mol. The van der Waals surface area contributed by atoms with Crippen molar-refractivity contribution in [3.63, 3.8) is 0 Å². The summed E-state index contributed by atoms with van der Waals surface area (Å²) in [6.07, 6.45) is 1.29. The largest absolute Gasteiger partial charge is 0.496 e. The van der Waals surface area contributed by atoms with Crippen molar-refractivity contribution >= 4 is 34.8 Å². The van der Waals surface area contributed by atoms with Crippen molar-refractivity contribution in [2.45, 2.75) is 46.3 Å². The summed E-state index contributed by atoms with van der Waals surface area (Å²) < 4.78 is 30.3. The minimum atomic E-state index is -1.12. The fourth-order valence-electron chi connectivity index (χ4n) is 5.68. The van der Waals surface area contributed by atoms with Crippen molar-refractivity contribution < 1.29 is 42.9 Å². The number of ether oxygens (including phenoxy) is 3. The number of Topliss-reactive ketones (excluding diaryl/α,β-unsaturated/α-hetero) is 1. The van der Waals surface area contributed by atoms with E-state index in [1.165, 1.54) is 35.2 Å². The zero-order chi connectivity index (χ0) is 34.1. The molecular formula is C34H43FN4O8. The summed E-state index contributed by atoms with van der Waals surface area (Å²) in [7, 11) is 1.44. The molecule has 3 aromatic rings. The Kier molecular flexibility index (Phi) is 12.3. The number of fused-ring (bicyclic) bond motifs is 1. The first-order valence-electron chi connectivity index (χ1n) is 15.9. The Morgan fingerprint density at radius 1 is 0.915 bits per heavy atom. The van der Waals surface area contributed by atoms with E-state index in [1.54, 1.807) is 38.1 Å². The monoisotopic (exact) mass is 654 g/mol. The zero-order valence-corrected chi connectivity index (χ0v) is 27.4. The van der Waals surface area contributed by atoms with Gasteiger partial charge in [0.25, 0.3) is 11.7 Å². The maximum absolute atomic E-state index is 13.7. The molecule has 1 fully saturated rings. The van der Waals surface area contributed by atoms with Crippen LogP contribution < -0.4 is 4.74 Å². The van der Waals surface area contributed by atoms with Gasteiger partial charge in [0.2, 0.25) is 0 Å². The maximum atomic E-state index is 13.7. The lowest BCUT2D eigenvalue weighted by atomic mass is 10.0. The standard InChI is InChI=1S/C34H43FN4O8/c1-5-36(15-9-8-10-23-11-13-24(35)14-12-23)31(41)26-20-25-27(22-39(34(44)47-7-3)28(25)21-29(26)45-4)30(40)32(42)37-16-18-38(19-17-37)33(43)46-6-2/h11-14,20-22,31,41H,5-10,15-19H2,1-4H3. The van der Waals surface area contributed by atoms with Crippen molar-refractivity contribution in [2.75, 3.05) is 59.6 Å². The van der Waals surface area contributed by atoms with E-state index >= 15 is 0 Å². The first-order valence-corrected chi connectivity index (χ1v) is 15.9. The van der Waals surface area contributed by atoms with Crippen molar-refractivity contribution in [3.05, 3.63) is 65.1 Å². The van der Waals surface area contributed by atoms with Gasteiger partial charge in [-0.1, -0.05) is 19.1 Å². The molecule has 1 unspecified atom stereocenters. The molecule has 0 saturated carbocycles. The number of methoxy groups -OCH3 is 1. The number of hydrogen-bond acceptors (Lipinski definition) is 9. The highest BCUT2D eigenvalue weighted by Gasteiger charge is 2.32. The number of piperazine rings is 1. The number of aliphatic hydroxyl groups is 1. The van der Waals surface area contributed by atoms with Gasteiger partial charge in [-0.25, -0.2) is 14.0 Å². The predicted octanol–water partition coefficient (Wildman–Crippen LogP) is 4.61. The van der Waals surface area contributed by atoms with Gasteiger partial charge in [-0.3, -0.25) is 19.1 Å². The number of hydrogen-bond donors (Lipinski definition) is 1. The van der Waals surface area contributed by atoms with Gasteiger partial charge < -0.3 is 29.1 Å². The van der Waals surface area contributed by atoms with Crippen LogP contribution in [0.5, 0.6) is 5.75 Å². The van der Waals surface area contributed by atoms with E-state index in [0.29, 0.717) is 24.4 Å². The quantitative estimate of drug-likeness (QED) is 0.122. The number of unbranched alkanes of at least 4 members (excludes halogenated alkanes) is 1. The number of carbonyl (C=O) groups is 4. The number of amides is 2. The molecule has 2 amide bonds. The molecule has 2 heterocycles. The number of nitrogens with zero attached hydrogens (tertiary/aromatic N) is 4. The molecule has 0 aliphatic carbocycles. The summed E-state index contributed by atoms with van der Waals surface area (Å²) in [6.45, 7) is 7.37. The number of ketones is 1. The van der Waals surface area contributed by atoms with Gasteiger partial charge in [0.15, 0.2) is 0 Å². The van der Waals surface area contributed by atoms with E-state index < -0.39 is 30.1 Å². The number of benzene rings is 2. The Labute approximate surface area is 273 Å². The molecule has 1 aliphatic heterocycles. The van der Waals surface area contributed by atoms with Crippen LogP contribution in [0, 0.1) is 5.82 Å². The van der Waals surface area contributed by atoms with Gasteiger partial charge in [-0.2, -0.15) is 0 Å². The number of carbonyl (C=O) groups excluding carboxylic acids is 4. The first-order chi connectivity index (χ1) is 22.6. The van der Waals surface area contributed by atoms with E-state index in [0.717, 1.165) is 29.4 Å².